The average Bonchev–Trinajstić information content (AvgIpc) is 2.55. The number of benzene rings is 1. The van der Waals surface area contributed by atoms with E-state index in [4.69, 9.17) is 0 Å². The summed E-state index contributed by atoms with van der Waals surface area (Å²) in [4.78, 5) is 0. The van der Waals surface area contributed by atoms with E-state index in [-0.39, 0.29) is 0 Å². The number of unbranched alkanes of at least 4 members (excludes halogenated alkanes) is 1. The van der Waals surface area contributed by atoms with Gasteiger partial charge in [0.05, 0.1) is 0 Å². The molecule has 1 N–H and O–H groups in total. The van der Waals surface area contributed by atoms with Gasteiger partial charge in [0.1, 0.15) is 5.75 Å². The van der Waals surface area contributed by atoms with E-state index in [9.17, 15) is 5.11 Å². The third-order valence-corrected chi connectivity index (χ3v) is 4.84. The van der Waals surface area contributed by atoms with Crippen molar-refractivity contribution in [3.63, 3.8) is 0 Å². The molecule has 0 heterocycles. The minimum atomic E-state index is 0.505. The fourth-order valence-corrected chi connectivity index (χ4v) is 3.70. The molecule has 0 amide bonds. The van der Waals surface area contributed by atoms with Gasteiger partial charge < -0.3 is 5.11 Å². The molecule has 0 bridgehead atoms. The minimum absolute atomic E-state index is 0.505. The smallest absolute Gasteiger partial charge is 0.119 e. The van der Waals surface area contributed by atoms with Crippen molar-refractivity contribution in [3.8, 4) is 5.75 Å². The lowest BCUT2D eigenvalue weighted by Crippen LogP contribution is -2.19. The van der Waals surface area contributed by atoms with Crippen molar-refractivity contribution in [2.24, 2.45) is 5.92 Å². The van der Waals surface area contributed by atoms with E-state index in [0.29, 0.717) is 17.6 Å². The predicted molar refractivity (Wildman–Crippen MR) is 109 cm³/mol. The van der Waals surface area contributed by atoms with Crippen molar-refractivity contribution in [3.05, 3.63) is 28.8 Å². The summed E-state index contributed by atoms with van der Waals surface area (Å²) in [7, 11) is 0. The Balaban J connectivity index is 0.000000952. The summed E-state index contributed by atoms with van der Waals surface area (Å²) in [5, 5.41) is 10.3. The molecule has 1 nitrogen and oxygen atoms in total. The lowest BCUT2D eigenvalue weighted by atomic mass is 9.71. The van der Waals surface area contributed by atoms with Gasteiger partial charge in [-0.3, -0.25) is 0 Å². The Morgan fingerprint density at radius 3 is 2.25 bits per heavy atom. The number of fused-ring (bicyclic) bond motifs is 1. The predicted octanol–water partition coefficient (Wildman–Crippen LogP) is 7.95. The van der Waals surface area contributed by atoms with E-state index in [1.165, 1.54) is 55.2 Å². The van der Waals surface area contributed by atoms with Crippen LogP contribution in [0.3, 0.4) is 0 Å². The standard InChI is InChI=1S/C18H28O.C3H8.C2H6/c1-5-6-7-13(3)15-9-8-14(4)18-16(15)10-12(2)11-17(18)19;1-3-2;1-2/h10-11,13-15,19H,5-9H2,1-4H3;3H2,1-2H3;1-2H3/t13-,14-,15+;;/m0../s1. The van der Waals surface area contributed by atoms with Gasteiger partial charge in [0.15, 0.2) is 0 Å². The molecule has 0 aromatic heterocycles. The highest BCUT2D eigenvalue weighted by atomic mass is 16.3. The van der Waals surface area contributed by atoms with E-state index in [1.807, 2.05) is 19.9 Å². The van der Waals surface area contributed by atoms with Crippen LogP contribution in [0.2, 0.25) is 0 Å². The van der Waals surface area contributed by atoms with Crippen LogP contribution in [0, 0.1) is 12.8 Å². The zero-order valence-electron chi connectivity index (χ0n) is 17.6. The first kappa shape index (κ1) is 23.0. The lowest BCUT2D eigenvalue weighted by Gasteiger charge is -2.34. The summed E-state index contributed by atoms with van der Waals surface area (Å²) >= 11 is 0. The van der Waals surface area contributed by atoms with Crippen LogP contribution in [0.1, 0.15) is 116 Å². The highest BCUT2D eigenvalue weighted by Gasteiger charge is 2.30. The number of aryl methyl sites for hydroxylation is 1. The molecule has 1 aromatic carbocycles. The van der Waals surface area contributed by atoms with Gasteiger partial charge in [-0.2, -0.15) is 0 Å². The first-order chi connectivity index (χ1) is 11.5. The number of phenolic OH excluding ortho intramolecular Hbond substituents is 1. The molecule has 1 aromatic rings. The molecule has 24 heavy (non-hydrogen) atoms. The Kier molecular flexibility index (Phi) is 11.9. The number of hydrogen-bond donors (Lipinski definition) is 1. The van der Waals surface area contributed by atoms with E-state index in [1.54, 1.807) is 0 Å². The van der Waals surface area contributed by atoms with Gasteiger partial charge in [0.25, 0.3) is 0 Å². The van der Waals surface area contributed by atoms with Crippen LogP contribution in [0.15, 0.2) is 12.1 Å². The fourth-order valence-electron chi connectivity index (χ4n) is 3.70. The first-order valence-corrected chi connectivity index (χ1v) is 10.3. The SMILES string of the molecule is CC.CCC.CCCC[C@H](C)[C@H]1CC[C@H](C)c2c(O)cc(C)cc21. The van der Waals surface area contributed by atoms with Gasteiger partial charge in [0.2, 0.25) is 0 Å². The van der Waals surface area contributed by atoms with Crippen molar-refractivity contribution < 1.29 is 5.11 Å². The van der Waals surface area contributed by atoms with Crippen molar-refractivity contribution in [1.29, 1.82) is 0 Å². The molecular weight excluding hydrogens is 292 g/mol. The van der Waals surface area contributed by atoms with Crippen molar-refractivity contribution in [1.82, 2.24) is 0 Å². The van der Waals surface area contributed by atoms with E-state index < -0.39 is 0 Å². The third kappa shape index (κ3) is 6.49. The van der Waals surface area contributed by atoms with Gasteiger partial charge >= 0.3 is 0 Å². The summed E-state index contributed by atoms with van der Waals surface area (Å²) in [6.07, 6.45) is 7.65. The van der Waals surface area contributed by atoms with Gasteiger partial charge in [-0.15, -0.1) is 0 Å². The molecule has 0 fully saturated rings. The van der Waals surface area contributed by atoms with E-state index >= 15 is 0 Å². The normalized spacial score (nSPS) is 20.0. The second-order valence-corrected chi connectivity index (χ2v) is 7.20. The quantitative estimate of drug-likeness (QED) is 0.592. The number of aromatic hydroxyl groups is 1. The minimum Gasteiger partial charge on any atom is -0.508 e. The van der Waals surface area contributed by atoms with Gasteiger partial charge in [-0.05, 0) is 54.7 Å². The van der Waals surface area contributed by atoms with Crippen LogP contribution in [-0.4, -0.2) is 5.11 Å². The Hall–Kier alpha value is -0.980. The second kappa shape index (κ2) is 12.4. The van der Waals surface area contributed by atoms with Crippen molar-refractivity contribution >= 4 is 0 Å². The molecule has 0 radical (unpaired) electrons. The summed E-state index contributed by atoms with van der Waals surface area (Å²) in [5.41, 5.74) is 3.85. The highest BCUT2D eigenvalue weighted by molar-refractivity contribution is 5.48. The van der Waals surface area contributed by atoms with E-state index in [0.717, 1.165) is 5.92 Å². The fraction of sp³-hybridized carbons (Fsp3) is 0.739. The zero-order valence-corrected chi connectivity index (χ0v) is 17.6. The van der Waals surface area contributed by atoms with Crippen LogP contribution in [0.5, 0.6) is 5.75 Å². The summed E-state index contributed by atoms with van der Waals surface area (Å²) in [6.45, 7) is 17.2. The largest absolute Gasteiger partial charge is 0.508 e. The molecule has 0 saturated carbocycles. The number of hydrogen-bond acceptors (Lipinski definition) is 1. The molecule has 0 aliphatic heterocycles. The molecule has 140 valence electrons. The average molecular weight is 335 g/mol. The Labute approximate surface area is 151 Å². The van der Waals surface area contributed by atoms with Crippen LogP contribution >= 0.6 is 0 Å². The maximum absolute atomic E-state index is 10.3. The van der Waals surface area contributed by atoms with Crippen LogP contribution in [-0.2, 0) is 0 Å². The van der Waals surface area contributed by atoms with Gasteiger partial charge in [-0.25, -0.2) is 0 Å². The molecule has 0 saturated heterocycles. The molecular formula is C23H42O. The Morgan fingerprint density at radius 2 is 1.71 bits per heavy atom. The van der Waals surface area contributed by atoms with Gasteiger partial charge in [0, 0.05) is 5.56 Å². The summed E-state index contributed by atoms with van der Waals surface area (Å²) in [5.74, 6) is 2.40. The summed E-state index contributed by atoms with van der Waals surface area (Å²) < 4.78 is 0. The molecule has 1 aliphatic carbocycles. The monoisotopic (exact) mass is 334 g/mol. The lowest BCUT2D eigenvalue weighted by molar-refractivity contribution is 0.353. The molecule has 1 heteroatoms. The molecule has 0 unspecified atom stereocenters. The molecule has 0 spiro atoms. The maximum Gasteiger partial charge on any atom is 0.119 e. The second-order valence-electron chi connectivity index (χ2n) is 7.20. The van der Waals surface area contributed by atoms with Crippen LogP contribution < -0.4 is 0 Å². The molecule has 3 atom stereocenters. The molecule has 2 rings (SSSR count). The van der Waals surface area contributed by atoms with Gasteiger partial charge in [-0.1, -0.05) is 80.2 Å². The van der Waals surface area contributed by atoms with E-state index in [2.05, 4.69) is 47.6 Å². The number of phenols is 1. The van der Waals surface area contributed by atoms with Crippen LogP contribution in [0.4, 0.5) is 0 Å². The zero-order chi connectivity index (χ0) is 18.7. The summed E-state index contributed by atoms with van der Waals surface area (Å²) in [6, 6.07) is 4.24. The Bertz CT molecular complexity index is 450. The number of rotatable bonds is 4. The van der Waals surface area contributed by atoms with Crippen LogP contribution in [0.25, 0.3) is 0 Å². The van der Waals surface area contributed by atoms with Crippen molar-refractivity contribution in [2.75, 3.05) is 0 Å². The van der Waals surface area contributed by atoms with Crippen molar-refractivity contribution in [2.45, 2.75) is 106 Å². The third-order valence-electron chi connectivity index (χ3n) is 4.84. The maximum atomic E-state index is 10.3. The Morgan fingerprint density at radius 1 is 1.12 bits per heavy atom. The first-order valence-electron chi connectivity index (χ1n) is 10.3. The highest BCUT2D eigenvalue weighted by Crippen LogP contribution is 2.47. The topological polar surface area (TPSA) is 20.2 Å². The molecule has 1 aliphatic rings.